The smallest absolute Gasteiger partial charge is 0.0620 e. The maximum atomic E-state index is 5.51. The Bertz CT molecular complexity index is 136. The number of hydrogen-bond acceptors (Lipinski definition) is 3. The number of morpholine rings is 1. The first-order chi connectivity index (χ1) is 7.43. The molecule has 1 fully saturated rings. The van der Waals surface area contributed by atoms with Crippen LogP contribution in [-0.4, -0.2) is 39.0 Å². The molecule has 0 bridgehead atoms. The average Bonchev–Trinajstić information content (AvgIpc) is 2.29. The van der Waals surface area contributed by atoms with Crippen LogP contribution in [0.4, 0.5) is 0 Å². The topological polar surface area (TPSA) is 30.5 Å². The van der Waals surface area contributed by atoms with Crippen LogP contribution in [0.2, 0.25) is 0 Å². The molecule has 0 amide bonds. The fourth-order valence-electron chi connectivity index (χ4n) is 1.75. The van der Waals surface area contributed by atoms with E-state index in [0.717, 1.165) is 33.0 Å². The summed E-state index contributed by atoms with van der Waals surface area (Å²) >= 11 is 0. The molecule has 0 aromatic heterocycles. The minimum Gasteiger partial charge on any atom is -0.381 e. The van der Waals surface area contributed by atoms with Crippen LogP contribution in [0.25, 0.3) is 0 Å². The standard InChI is InChI=1S/C12H25NO2/c1-2-3-8-14-9-5-4-6-12-11-15-10-7-13-12/h12-13H,2-11H2,1H3. The molecule has 3 nitrogen and oxygen atoms in total. The Balaban J connectivity index is 1.79. The second kappa shape index (κ2) is 9.13. The van der Waals surface area contributed by atoms with Crippen LogP contribution < -0.4 is 5.32 Å². The molecule has 0 aromatic rings. The van der Waals surface area contributed by atoms with E-state index in [2.05, 4.69) is 12.2 Å². The number of hydrogen-bond donors (Lipinski definition) is 1. The summed E-state index contributed by atoms with van der Waals surface area (Å²) in [4.78, 5) is 0. The molecule has 0 radical (unpaired) electrons. The van der Waals surface area contributed by atoms with Crippen molar-refractivity contribution in [1.29, 1.82) is 0 Å². The van der Waals surface area contributed by atoms with Gasteiger partial charge < -0.3 is 14.8 Å². The van der Waals surface area contributed by atoms with Crippen LogP contribution in [0.15, 0.2) is 0 Å². The predicted molar refractivity (Wildman–Crippen MR) is 62.2 cm³/mol. The molecule has 1 N–H and O–H groups in total. The van der Waals surface area contributed by atoms with Crippen LogP contribution in [0, 0.1) is 0 Å². The lowest BCUT2D eigenvalue weighted by Crippen LogP contribution is -2.41. The molecular formula is C12H25NO2. The van der Waals surface area contributed by atoms with Gasteiger partial charge in [0.05, 0.1) is 13.2 Å². The molecule has 1 aliphatic rings. The summed E-state index contributed by atoms with van der Waals surface area (Å²) in [5.74, 6) is 0. The van der Waals surface area contributed by atoms with E-state index in [1.165, 1.54) is 32.1 Å². The predicted octanol–water partition coefficient (Wildman–Crippen LogP) is 1.96. The average molecular weight is 215 g/mol. The SMILES string of the molecule is CCCCOCCCCC1COCCN1. The van der Waals surface area contributed by atoms with E-state index >= 15 is 0 Å². The first-order valence-corrected chi connectivity index (χ1v) is 6.32. The van der Waals surface area contributed by atoms with Crippen molar-refractivity contribution in [3.8, 4) is 0 Å². The molecule has 0 spiro atoms. The van der Waals surface area contributed by atoms with Gasteiger partial charge in [0.2, 0.25) is 0 Å². The Kier molecular flexibility index (Phi) is 7.88. The molecule has 1 rings (SSSR count). The zero-order valence-electron chi connectivity index (χ0n) is 9.96. The van der Waals surface area contributed by atoms with Gasteiger partial charge in [0, 0.05) is 25.8 Å². The van der Waals surface area contributed by atoms with Crippen LogP contribution in [0.5, 0.6) is 0 Å². The second-order valence-electron chi connectivity index (χ2n) is 4.19. The highest BCUT2D eigenvalue weighted by atomic mass is 16.5. The summed E-state index contributed by atoms with van der Waals surface area (Å²) in [5, 5.41) is 3.46. The maximum absolute atomic E-state index is 5.51. The first-order valence-electron chi connectivity index (χ1n) is 6.32. The zero-order chi connectivity index (χ0) is 10.8. The third-order valence-electron chi connectivity index (χ3n) is 2.73. The van der Waals surface area contributed by atoms with Crippen LogP contribution in [-0.2, 0) is 9.47 Å². The molecule has 0 aromatic carbocycles. The van der Waals surface area contributed by atoms with Crippen molar-refractivity contribution < 1.29 is 9.47 Å². The lowest BCUT2D eigenvalue weighted by molar-refractivity contribution is 0.0714. The minimum atomic E-state index is 0.578. The molecule has 1 unspecified atom stereocenters. The van der Waals surface area contributed by atoms with E-state index in [1.54, 1.807) is 0 Å². The van der Waals surface area contributed by atoms with E-state index in [-0.39, 0.29) is 0 Å². The van der Waals surface area contributed by atoms with Gasteiger partial charge in [-0.15, -0.1) is 0 Å². The molecule has 1 heterocycles. The third kappa shape index (κ3) is 6.88. The molecule has 1 aliphatic heterocycles. The van der Waals surface area contributed by atoms with Gasteiger partial charge in [-0.25, -0.2) is 0 Å². The molecule has 90 valence electrons. The summed E-state index contributed by atoms with van der Waals surface area (Å²) in [6.45, 7) is 6.82. The van der Waals surface area contributed by atoms with Gasteiger partial charge in [0.1, 0.15) is 0 Å². The van der Waals surface area contributed by atoms with Crippen molar-refractivity contribution in [2.24, 2.45) is 0 Å². The molecule has 0 aliphatic carbocycles. The van der Waals surface area contributed by atoms with E-state index < -0.39 is 0 Å². The number of ether oxygens (including phenoxy) is 2. The monoisotopic (exact) mass is 215 g/mol. The first kappa shape index (κ1) is 12.9. The highest BCUT2D eigenvalue weighted by molar-refractivity contribution is 4.69. The minimum absolute atomic E-state index is 0.578. The van der Waals surface area contributed by atoms with Crippen LogP contribution in [0.3, 0.4) is 0 Å². The zero-order valence-corrected chi connectivity index (χ0v) is 9.96. The third-order valence-corrected chi connectivity index (χ3v) is 2.73. The molecule has 1 atom stereocenters. The number of rotatable bonds is 8. The van der Waals surface area contributed by atoms with E-state index in [0.29, 0.717) is 6.04 Å². The van der Waals surface area contributed by atoms with E-state index in [4.69, 9.17) is 9.47 Å². The number of unbranched alkanes of at least 4 members (excludes halogenated alkanes) is 2. The summed E-state index contributed by atoms with van der Waals surface area (Å²) < 4.78 is 10.9. The van der Waals surface area contributed by atoms with Crippen molar-refractivity contribution >= 4 is 0 Å². The van der Waals surface area contributed by atoms with Gasteiger partial charge in [-0.05, 0) is 25.7 Å². The molecular weight excluding hydrogens is 190 g/mol. The Labute approximate surface area is 93.5 Å². The van der Waals surface area contributed by atoms with Crippen LogP contribution in [0.1, 0.15) is 39.0 Å². The van der Waals surface area contributed by atoms with Gasteiger partial charge in [-0.3, -0.25) is 0 Å². The Morgan fingerprint density at radius 3 is 2.87 bits per heavy atom. The molecule has 0 saturated carbocycles. The fourth-order valence-corrected chi connectivity index (χ4v) is 1.75. The van der Waals surface area contributed by atoms with Crippen molar-refractivity contribution in [2.45, 2.75) is 45.1 Å². The Morgan fingerprint density at radius 1 is 1.27 bits per heavy atom. The lowest BCUT2D eigenvalue weighted by Gasteiger charge is -2.23. The number of nitrogens with one attached hydrogen (secondary N) is 1. The second-order valence-corrected chi connectivity index (χ2v) is 4.19. The summed E-state index contributed by atoms with van der Waals surface area (Å²) in [7, 11) is 0. The van der Waals surface area contributed by atoms with E-state index in [9.17, 15) is 0 Å². The fraction of sp³-hybridized carbons (Fsp3) is 1.00. The maximum Gasteiger partial charge on any atom is 0.0620 e. The van der Waals surface area contributed by atoms with Gasteiger partial charge in [-0.1, -0.05) is 13.3 Å². The largest absolute Gasteiger partial charge is 0.381 e. The normalized spacial score (nSPS) is 21.8. The van der Waals surface area contributed by atoms with Crippen molar-refractivity contribution in [1.82, 2.24) is 5.32 Å². The summed E-state index contributed by atoms with van der Waals surface area (Å²) in [6, 6.07) is 0.578. The highest BCUT2D eigenvalue weighted by Gasteiger charge is 2.11. The molecule has 3 heteroatoms. The summed E-state index contributed by atoms with van der Waals surface area (Å²) in [6.07, 6.45) is 6.06. The lowest BCUT2D eigenvalue weighted by atomic mass is 10.1. The molecule has 15 heavy (non-hydrogen) atoms. The Morgan fingerprint density at radius 2 is 2.13 bits per heavy atom. The van der Waals surface area contributed by atoms with Gasteiger partial charge in [0.15, 0.2) is 0 Å². The Hall–Kier alpha value is -0.120. The van der Waals surface area contributed by atoms with E-state index in [1.807, 2.05) is 0 Å². The van der Waals surface area contributed by atoms with Gasteiger partial charge >= 0.3 is 0 Å². The van der Waals surface area contributed by atoms with Crippen LogP contribution >= 0.6 is 0 Å². The highest BCUT2D eigenvalue weighted by Crippen LogP contribution is 2.04. The van der Waals surface area contributed by atoms with Crippen molar-refractivity contribution in [3.63, 3.8) is 0 Å². The van der Waals surface area contributed by atoms with Gasteiger partial charge in [-0.2, -0.15) is 0 Å². The molecule has 1 saturated heterocycles. The quantitative estimate of drug-likeness (QED) is 0.628. The van der Waals surface area contributed by atoms with Crippen molar-refractivity contribution in [2.75, 3.05) is 33.0 Å². The van der Waals surface area contributed by atoms with Gasteiger partial charge in [0.25, 0.3) is 0 Å². The summed E-state index contributed by atoms with van der Waals surface area (Å²) in [5.41, 5.74) is 0. The van der Waals surface area contributed by atoms with Crippen molar-refractivity contribution in [3.05, 3.63) is 0 Å².